The maximum atomic E-state index is 12.6. The predicted molar refractivity (Wildman–Crippen MR) is 92.1 cm³/mol. The Morgan fingerprint density at radius 3 is 2.52 bits per heavy atom. The number of hydrogen-bond acceptors (Lipinski definition) is 5. The molecular formula is C13H10IN3O2S2. The number of anilines is 1. The second-order valence-electron chi connectivity index (χ2n) is 4.46. The Balaban J connectivity index is 2.10. The normalized spacial score (nSPS) is 11.7. The van der Waals surface area contributed by atoms with Crippen LogP contribution in [-0.4, -0.2) is 17.2 Å². The highest BCUT2D eigenvalue weighted by Gasteiger charge is 2.22. The molecule has 1 heterocycles. The smallest absolute Gasteiger partial charge is 0.264 e. The third-order valence-corrected chi connectivity index (χ3v) is 5.76. The molecule has 0 amide bonds. The highest BCUT2D eigenvalue weighted by atomic mass is 127. The lowest BCUT2D eigenvalue weighted by Gasteiger charge is -2.10. The minimum atomic E-state index is -3.70. The number of benzene rings is 2. The van der Waals surface area contributed by atoms with Gasteiger partial charge in [0, 0.05) is 9.26 Å². The first-order valence-electron chi connectivity index (χ1n) is 5.97. The number of halogens is 1. The Morgan fingerprint density at radius 2 is 1.81 bits per heavy atom. The molecule has 0 aliphatic carbocycles. The van der Waals surface area contributed by atoms with Crippen LogP contribution in [0.2, 0.25) is 0 Å². The molecule has 0 fully saturated rings. The molecule has 1 N–H and O–H groups in total. The molecule has 5 nitrogen and oxygen atoms in total. The summed E-state index contributed by atoms with van der Waals surface area (Å²) in [5, 5.41) is 0. The van der Waals surface area contributed by atoms with Gasteiger partial charge in [0.2, 0.25) is 0 Å². The predicted octanol–water partition coefficient (Wildman–Crippen LogP) is 3.41. The van der Waals surface area contributed by atoms with Crippen molar-refractivity contribution in [3.63, 3.8) is 0 Å². The molecule has 0 atom stereocenters. The summed E-state index contributed by atoms with van der Waals surface area (Å²) in [6.45, 7) is 1.75. The van der Waals surface area contributed by atoms with Crippen molar-refractivity contribution in [1.82, 2.24) is 8.75 Å². The van der Waals surface area contributed by atoms with Gasteiger partial charge in [0.1, 0.15) is 15.9 Å². The number of aromatic nitrogens is 2. The summed E-state index contributed by atoms with van der Waals surface area (Å²) in [5.41, 5.74) is 2.18. The van der Waals surface area contributed by atoms with Gasteiger partial charge >= 0.3 is 0 Å². The Bertz CT molecular complexity index is 905. The first-order valence-corrected chi connectivity index (χ1v) is 9.27. The highest BCUT2D eigenvalue weighted by molar-refractivity contribution is 14.1. The van der Waals surface area contributed by atoms with E-state index in [1.165, 1.54) is 0 Å². The molecule has 3 rings (SSSR count). The van der Waals surface area contributed by atoms with E-state index in [-0.39, 0.29) is 4.90 Å². The van der Waals surface area contributed by atoms with Crippen LogP contribution < -0.4 is 4.72 Å². The van der Waals surface area contributed by atoms with Crippen molar-refractivity contribution in [3.8, 4) is 0 Å². The van der Waals surface area contributed by atoms with E-state index >= 15 is 0 Å². The van der Waals surface area contributed by atoms with Gasteiger partial charge in [-0.3, -0.25) is 4.72 Å². The van der Waals surface area contributed by atoms with Crippen molar-refractivity contribution in [2.75, 3.05) is 4.72 Å². The lowest BCUT2D eigenvalue weighted by molar-refractivity contribution is 0.601. The summed E-state index contributed by atoms with van der Waals surface area (Å²) < 4.78 is 37.1. The maximum absolute atomic E-state index is 12.6. The van der Waals surface area contributed by atoms with Crippen LogP contribution in [0.4, 0.5) is 5.69 Å². The largest absolute Gasteiger partial charge is 0.280 e. The summed E-state index contributed by atoms with van der Waals surface area (Å²) in [6, 6.07) is 10.7. The first-order chi connectivity index (χ1) is 9.97. The second kappa shape index (κ2) is 5.50. The van der Waals surface area contributed by atoms with Crippen LogP contribution in [0.3, 0.4) is 0 Å². The summed E-state index contributed by atoms with van der Waals surface area (Å²) in [4.78, 5) is 0.187. The van der Waals surface area contributed by atoms with Crippen molar-refractivity contribution in [2.24, 2.45) is 0 Å². The summed E-state index contributed by atoms with van der Waals surface area (Å²) in [7, 11) is -3.70. The van der Waals surface area contributed by atoms with E-state index in [2.05, 4.69) is 36.1 Å². The van der Waals surface area contributed by atoms with Gasteiger partial charge in [-0.25, -0.2) is 8.42 Å². The first kappa shape index (κ1) is 14.7. The molecule has 0 saturated carbocycles. The van der Waals surface area contributed by atoms with Crippen molar-refractivity contribution < 1.29 is 8.42 Å². The minimum Gasteiger partial charge on any atom is -0.280 e. The summed E-state index contributed by atoms with van der Waals surface area (Å²) >= 11 is 3.17. The Kier molecular flexibility index (Phi) is 3.84. The van der Waals surface area contributed by atoms with Crippen LogP contribution in [0.25, 0.3) is 11.0 Å². The maximum Gasteiger partial charge on any atom is 0.264 e. The molecule has 0 aliphatic rings. The number of nitrogens with one attached hydrogen (secondary N) is 1. The molecule has 21 heavy (non-hydrogen) atoms. The minimum absolute atomic E-state index is 0.187. The van der Waals surface area contributed by atoms with Gasteiger partial charge in [0.05, 0.1) is 11.7 Å². The zero-order valence-electron chi connectivity index (χ0n) is 10.9. The number of fused-ring (bicyclic) bond motifs is 1. The molecule has 3 aromatic rings. The van der Waals surface area contributed by atoms with E-state index in [0.29, 0.717) is 22.3 Å². The molecule has 0 aliphatic heterocycles. The second-order valence-corrected chi connectivity index (χ2v) is 7.85. The fourth-order valence-corrected chi connectivity index (χ4v) is 4.40. The van der Waals surface area contributed by atoms with Gasteiger partial charge in [-0.2, -0.15) is 8.75 Å². The summed E-state index contributed by atoms with van der Waals surface area (Å²) in [5.74, 6) is 0. The quantitative estimate of drug-likeness (QED) is 0.646. The molecule has 108 valence electrons. The molecule has 1 aromatic heterocycles. The van der Waals surface area contributed by atoms with E-state index in [1.807, 2.05) is 12.1 Å². The van der Waals surface area contributed by atoms with Gasteiger partial charge in [-0.05, 0) is 65.4 Å². The van der Waals surface area contributed by atoms with E-state index in [4.69, 9.17) is 0 Å². The zero-order valence-corrected chi connectivity index (χ0v) is 14.7. The highest BCUT2D eigenvalue weighted by Crippen LogP contribution is 2.27. The van der Waals surface area contributed by atoms with E-state index in [1.54, 1.807) is 31.2 Å². The van der Waals surface area contributed by atoms with Crippen molar-refractivity contribution in [1.29, 1.82) is 0 Å². The van der Waals surface area contributed by atoms with Crippen LogP contribution in [0.15, 0.2) is 41.3 Å². The van der Waals surface area contributed by atoms with Crippen molar-refractivity contribution >= 4 is 61.1 Å². The number of nitrogens with zero attached hydrogens (tertiary/aromatic N) is 2. The molecule has 2 aromatic carbocycles. The fraction of sp³-hybridized carbons (Fsp3) is 0.0769. The van der Waals surface area contributed by atoms with E-state index in [9.17, 15) is 8.42 Å². The lowest BCUT2D eigenvalue weighted by Crippen LogP contribution is -2.14. The molecule has 0 saturated heterocycles. The van der Waals surface area contributed by atoms with Crippen molar-refractivity contribution in [3.05, 3.63) is 45.5 Å². The molecular weight excluding hydrogens is 421 g/mol. The van der Waals surface area contributed by atoms with Crippen LogP contribution in [0.5, 0.6) is 0 Å². The van der Waals surface area contributed by atoms with Gasteiger partial charge < -0.3 is 0 Å². The Morgan fingerprint density at radius 1 is 1.10 bits per heavy atom. The Hall–Kier alpha value is -1.26. The van der Waals surface area contributed by atoms with Gasteiger partial charge in [0.15, 0.2) is 0 Å². The number of aryl methyl sites for hydroxylation is 1. The number of rotatable bonds is 3. The van der Waals surface area contributed by atoms with Gasteiger partial charge in [-0.1, -0.05) is 6.07 Å². The van der Waals surface area contributed by atoms with Crippen molar-refractivity contribution in [2.45, 2.75) is 11.8 Å². The molecule has 8 heteroatoms. The van der Waals surface area contributed by atoms with Crippen LogP contribution >= 0.6 is 34.3 Å². The zero-order chi connectivity index (χ0) is 15.0. The number of sulfonamides is 1. The fourth-order valence-electron chi connectivity index (χ4n) is 1.99. The SMILES string of the molecule is Cc1ccc2nsnc2c1S(=O)(=O)Nc1ccc(I)cc1. The van der Waals surface area contributed by atoms with Gasteiger partial charge in [-0.15, -0.1) is 0 Å². The molecule has 0 radical (unpaired) electrons. The summed E-state index contributed by atoms with van der Waals surface area (Å²) in [6.07, 6.45) is 0. The average molecular weight is 431 g/mol. The monoisotopic (exact) mass is 431 g/mol. The van der Waals surface area contributed by atoms with Crippen LogP contribution in [-0.2, 0) is 10.0 Å². The van der Waals surface area contributed by atoms with Crippen LogP contribution in [0, 0.1) is 10.5 Å². The Labute approximate surface area is 139 Å². The number of hydrogen-bond donors (Lipinski definition) is 1. The topological polar surface area (TPSA) is 72.0 Å². The van der Waals surface area contributed by atoms with Crippen LogP contribution in [0.1, 0.15) is 5.56 Å². The third-order valence-electron chi connectivity index (χ3n) is 2.94. The molecule has 0 spiro atoms. The van der Waals surface area contributed by atoms with E-state index < -0.39 is 10.0 Å². The average Bonchev–Trinajstić information content (AvgIpc) is 2.88. The third kappa shape index (κ3) is 2.87. The standard InChI is InChI=1S/C13H10IN3O2S2/c1-8-2-7-11-12(16-20-15-11)13(8)21(18,19)17-10-5-3-9(14)4-6-10/h2-7,17H,1H3. The molecule has 0 bridgehead atoms. The molecule has 0 unspecified atom stereocenters. The van der Waals surface area contributed by atoms with Gasteiger partial charge in [0.25, 0.3) is 10.0 Å². The van der Waals surface area contributed by atoms with E-state index in [0.717, 1.165) is 15.3 Å². The lowest BCUT2D eigenvalue weighted by atomic mass is 10.2.